The second-order valence-corrected chi connectivity index (χ2v) is 6.61. The topological polar surface area (TPSA) is 77.4 Å². The van der Waals surface area contributed by atoms with Crippen molar-refractivity contribution in [3.05, 3.63) is 0 Å². The van der Waals surface area contributed by atoms with E-state index in [1.54, 1.807) is 6.92 Å². The van der Waals surface area contributed by atoms with Crippen LogP contribution >= 0.6 is 0 Å². The summed E-state index contributed by atoms with van der Waals surface area (Å²) in [5, 5.41) is 8.88. The summed E-state index contributed by atoms with van der Waals surface area (Å²) in [4.78, 5) is 0. The molecule has 6 heteroatoms. The van der Waals surface area contributed by atoms with Crippen LogP contribution in [0.4, 0.5) is 0 Å². The smallest absolute Gasteiger partial charge is 0.748 e. The Morgan fingerprint density at radius 2 is 1.58 bits per heavy atom. The molecule has 0 aromatic rings. The van der Waals surface area contributed by atoms with Gasteiger partial charge in [-0.3, -0.25) is 0 Å². The molecule has 0 aromatic heterocycles. The molecule has 1 N–H and O–H groups in total. The largest absolute Gasteiger partial charge is 1.00 e. The van der Waals surface area contributed by atoms with Crippen LogP contribution in [0.5, 0.6) is 0 Å². The number of unbranched alkanes of at least 4 members (excludes halogenated alkanes) is 4. The van der Waals surface area contributed by atoms with E-state index in [4.69, 9.17) is 0 Å². The van der Waals surface area contributed by atoms with Crippen molar-refractivity contribution in [2.75, 3.05) is 0 Å². The predicted molar refractivity (Wildman–Crippen MR) is 72.4 cm³/mol. The summed E-state index contributed by atoms with van der Waals surface area (Å²) in [5.41, 5.74) is 0. The van der Waals surface area contributed by atoms with E-state index in [9.17, 15) is 18.1 Å². The standard InChI is InChI=1S/C13H28O4S.Na/c1-3-5-6-7-8-9-12(14)10-11-13(4-2)18(15,16)17;/h12-14H,3-11H2,1-2H3,(H,15,16,17);/q;+1/p-1. The molecule has 0 aromatic carbocycles. The molecule has 0 fully saturated rings. The molecule has 0 saturated carbocycles. The fraction of sp³-hybridized carbons (Fsp3) is 1.00. The van der Waals surface area contributed by atoms with Crippen LogP contribution in [0.1, 0.15) is 71.6 Å². The summed E-state index contributed by atoms with van der Waals surface area (Å²) in [5.74, 6) is 0. The zero-order valence-corrected chi connectivity index (χ0v) is 15.4. The molecule has 0 aliphatic carbocycles. The molecule has 0 spiro atoms. The average molecular weight is 302 g/mol. The minimum absolute atomic E-state index is 0. The minimum atomic E-state index is -4.20. The Kier molecular flexibility index (Phi) is 14.7. The Morgan fingerprint density at radius 3 is 2.05 bits per heavy atom. The van der Waals surface area contributed by atoms with Gasteiger partial charge in [0.05, 0.1) is 16.2 Å². The Balaban J connectivity index is 0. The molecule has 110 valence electrons. The van der Waals surface area contributed by atoms with Gasteiger partial charge in [0.1, 0.15) is 0 Å². The number of hydrogen-bond acceptors (Lipinski definition) is 4. The third-order valence-corrected chi connectivity index (χ3v) is 4.71. The molecule has 0 amide bonds. The SMILES string of the molecule is CCCCCCCC(O)CCC(CC)S(=O)(=O)[O-].[Na+]. The van der Waals surface area contributed by atoms with Gasteiger partial charge in [0.2, 0.25) is 0 Å². The van der Waals surface area contributed by atoms with E-state index >= 15 is 0 Å². The van der Waals surface area contributed by atoms with Crippen LogP contribution < -0.4 is 29.6 Å². The van der Waals surface area contributed by atoms with E-state index in [1.165, 1.54) is 19.3 Å². The number of hydrogen-bond donors (Lipinski definition) is 1. The number of rotatable bonds is 11. The van der Waals surface area contributed by atoms with Crippen molar-refractivity contribution in [2.24, 2.45) is 0 Å². The molecular weight excluding hydrogens is 275 g/mol. The summed E-state index contributed by atoms with van der Waals surface area (Å²) in [6.07, 6.45) is 6.95. The fourth-order valence-corrected chi connectivity index (χ4v) is 2.89. The summed E-state index contributed by atoms with van der Waals surface area (Å²) < 4.78 is 32.6. The minimum Gasteiger partial charge on any atom is -0.748 e. The van der Waals surface area contributed by atoms with Gasteiger partial charge < -0.3 is 9.66 Å². The van der Waals surface area contributed by atoms with Crippen molar-refractivity contribution >= 4 is 10.1 Å². The van der Waals surface area contributed by atoms with Gasteiger partial charge >= 0.3 is 29.6 Å². The van der Waals surface area contributed by atoms with Crippen molar-refractivity contribution in [2.45, 2.75) is 83.0 Å². The summed E-state index contributed by atoms with van der Waals surface area (Å²) in [6, 6.07) is 0. The van der Waals surface area contributed by atoms with Gasteiger partial charge in [0, 0.05) is 5.25 Å². The molecule has 0 bridgehead atoms. The molecule has 0 aliphatic heterocycles. The maximum Gasteiger partial charge on any atom is 1.00 e. The first-order chi connectivity index (χ1) is 8.41. The number of aliphatic hydroxyl groups excluding tert-OH is 1. The van der Waals surface area contributed by atoms with Gasteiger partial charge in [0.25, 0.3) is 0 Å². The molecule has 0 radical (unpaired) electrons. The quantitative estimate of drug-likeness (QED) is 0.326. The molecule has 0 saturated heterocycles. The molecule has 19 heavy (non-hydrogen) atoms. The maximum absolute atomic E-state index is 10.9. The van der Waals surface area contributed by atoms with Crippen LogP contribution in [-0.2, 0) is 10.1 Å². The molecular formula is C13H27NaO4S. The molecule has 2 atom stereocenters. The fourth-order valence-electron chi connectivity index (χ4n) is 2.06. The Morgan fingerprint density at radius 1 is 1.00 bits per heavy atom. The molecule has 2 unspecified atom stereocenters. The van der Waals surface area contributed by atoms with Crippen LogP contribution in [0, 0.1) is 0 Å². The van der Waals surface area contributed by atoms with Crippen molar-refractivity contribution in [1.29, 1.82) is 0 Å². The Hall–Kier alpha value is 0.870. The van der Waals surface area contributed by atoms with Crippen molar-refractivity contribution < 1.29 is 47.6 Å². The van der Waals surface area contributed by atoms with E-state index < -0.39 is 21.5 Å². The van der Waals surface area contributed by atoms with Gasteiger partial charge in [-0.2, -0.15) is 0 Å². The van der Waals surface area contributed by atoms with Gasteiger partial charge in [-0.25, -0.2) is 8.42 Å². The third-order valence-electron chi connectivity index (χ3n) is 3.33. The molecule has 0 aliphatic rings. The van der Waals surface area contributed by atoms with Gasteiger partial charge in [-0.15, -0.1) is 0 Å². The normalized spacial score (nSPS) is 14.7. The Bertz CT molecular complexity index is 293. The van der Waals surface area contributed by atoms with E-state index in [2.05, 4.69) is 6.92 Å². The van der Waals surface area contributed by atoms with Crippen molar-refractivity contribution in [3.8, 4) is 0 Å². The van der Waals surface area contributed by atoms with Crippen LogP contribution in [0.25, 0.3) is 0 Å². The van der Waals surface area contributed by atoms with Crippen LogP contribution in [0.2, 0.25) is 0 Å². The van der Waals surface area contributed by atoms with Crippen LogP contribution in [0.15, 0.2) is 0 Å². The second kappa shape index (κ2) is 12.6. The van der Waals surface area contributed by atoms with E-state index in [1.807, 2.05) is 0 Å². The molecule has 0 rings (SSSR count). The first-order valence-electron chi connectivity index (χ1n) is 7.04. The van der Waals surface area contributed by atoms with Gasteiger partial charge in [-0.1, -0.05) is 46.0 Å². The second-order valence-electron chi connectivity index (χ2n) is 4.96. The van der Waals surface area contributed by atoms with Crippen molar-refractivity contribution in [3.63, 3.8) is 0 Å². The zero-order chi connectivity index (χ0) is 14.0. The monoisotopic (exact) mass is 302 g/mol. The predicted octanol–water partition coefficient (Wildman–Crippen LogP) is -0.184. The number of aliphatic hydroxyl groups is 1. The molecule has 4 nitrogen and oxygen atoms in total. The van der Waals surface area contributed by atoms with Crippen LogP contribution in [-0.4, -0.2) is 29.4 Å². The summed E-state index contributed by atoms with van der Waals surface area (Å²) >= 11 is 0. The Labute approximate surface area is 140 Å². The van der Waals surface area contributed by atoms with Crippen molar-refractivity contribution in [1.82, 2.24) is 0 Å². The summed E-state index contributed by atoms with van der Waals surface area (Å²) in [7, 11) is -4.20. The molecule has 0 heterocycles. The van der Waals surface area contributed by atoms with Gasteiger partial charge in [-0.05, 0) is 25.7 Å². The zero-order valence-electron chi connectivity index (χ0n) is 12.6. The summed E-state index contributed by atoms with van der Waals surface area (Å²) in [6.45, 7) is 3.85. The first kappa shape index (κ1) is 22.2. The van der Waals surface area contributed by atoms with Crippen LogP contribution in [0.3, 0.4) is 0 Å². The van der Waals surface area contributed by atoms with E-state index in [-0.39, 0.29) is 36.0 Å². The third kappa shape index (κ3) is 12.3. The van der Waals surface area contributed by atoms with Gasteiger partial charge in [0.15, 0.2) is 0 Å². The van der Waals surface area contributed by atoms with E-state index in [0.29, 0.717) is 19.3 Å². The maximum atomic E-state index is 10.9. The van der Waals surface area contributed by atoms with E-state index in [0.717, 1.165) is 12.8 Å². The first-order valence-corrected chi connectivity index (χ1v) is 8.51. The average Bonchev–Trinajstić information content (AvgIpc) is 2.27.